The zero-order valence-corrected chi connectivity index (χ0v) is 19.5. The fourth-order valence-electron chi connectivity index (χ4n) is 3.65. The smallest absolute Gasteiger partial charge is 0.265 e. The Morgan fingerprint density at radius 1 is 1.31 bits per heavy atom. The molecule has 32 heavy (non-hydrogen) atoms. The van der Waals surface area contributed by atoms with Crippen molar-refractivity contribution in [3.63, 3.8) is 0 Å². The number of nitrogens with zero attached hydrogens (tertiary/aromatic N) is 2. The third kappa shape index (κ3) is 4.25. The van der Waals surface area contributed by atoms with Crippen molar-refractivity contribution in [1.29, 1.82) is 0 Å². The number of phenolic OH excluding ortho intramolecular Hbond substituents is 1. The summed E-state index contributed by atoms with van der Waals surface area (Å²) in [6.07, 6.45) is 3.00. The largest absolute Gasteiger partial charge is 0.504 e. The lowest BCUT2D eigenvalue weighted by atomic mass is 10.1. The van der Waals surface area contributed by atoms with Crippen LogP contribution in [0, 0.1) is 0 Å². The van der Waals surface area contributed by atoms with Crippen molar-refractivity contribution in [2.45, 2.75) is 31.1 Å². The molecule has 0 aliphatic carbocycles. The second kappa shape index (κ2) is 8.97. The maximum atomic E-state index is 13.2. The fraction of sp³-hybridized carbons (Fsp3) is 0.238. The number of rotatable bonds is 7. The van der Waals surface area contributed by atoms with Gasteiger partial charge in [-0.25, -0.2) is 13.4 Å². The molecule has 2 aromatic carbocycles. The Morgan fingerprint density at radius 3 is 2.84 bits per heavy atom. The predicted octanol–water partition coefficient (Wildman–Crippen LogP) is 4.74. The van der Waals surface area contributed by atoms with Crippen LogP contribution in [-0.4, -0.2) is 31.0 Å². The van der Waals surface area contributed by atoms with Crippen LogP contribution in [-0.2, 0) is 21.2 Å². The molecule has 1 aliphatic heterocycles. The van der Waals surface area contributed by atoms with E-state index >= 15 is 0 Å². The molecule has 0 atom stereocenters. The van der Waals surface area contributed by atoms with E-state index in [-0.39, 0.29) is 39.5 Å². The van der Waals surface area contributed by atoms with Crippen molar-refractivity contribution in [3.05, 3.63) is 52.5 Å². The van der Waals surface area contributed by atoms with Crippen molar-refractivity contribution in [2.24, 2.45) is 0 Å². The number of nitrogens with one attached hydrogen (secondary N) is 2. The highest BCUT2D eigenvalue weighted by molar-refractivity contribution is 7.93. The van der Waals surface area contributed by atoms with Gasteiger partial charge in [-0.05, 0) is 42.7 Å². The Hall–Kier alpha value is -2.82. The standard InChI is InChI=1S/C21H21ClN4O4S2/c1-2-4-18(27)24-15-7-8-17(32(29,30)25-21-23-10-12-31-21)19(20(15)28)26-11-9-13-14(22)5-3-6-16(13)26/h3,5-8,10,12,28H,2,4,9,11H2,1H3,(H,23,25)(H,24,27). The molecule has 1 aromatic heterocycles. The van der Waals surface area contributed by atoms with Gasteiger partial charge in [0.1, 0.15) is 10.6 Å². The van der Waals surface area contributed by atoms with E-state index in [2.05, 4.69) is 15.0 Å². The van der Waals surface area contributed by atoms with Gasteiger partial charge < -0.3 is 15.3 Å². The molecule has 1 aliphatic rings. The first-order valence-corrected chi connectivity index (χ1v) is 12.7. The average Bonchev–Trinajstić information content (AvgIpc) is 3.39. The van der Waals surface area contributed by atoms with Gasteiger partial charge in [-0.3, -0.25) is 9.52 Å². The molecule has 8 nitrogen and oxygen atoms in total. The van der Waals surface area contributed by atoms with Crippen LogP contribution >= 0.6 is 22.9 Å². The monoisotopic (exact) mass is 492 g/mol. The highest BCUT2D eigenvalue weighted by Crippen LogP contribution is 2.47. The number of amides is 1. The molecular weight excluding hydrogens is 472 g/mol. The minimum Gasteiger partial charge on any atom is -0.504 e. The number of fused-ring (bicyclic) bond motifs is 1. The second-order valence-corrected chi connectivity index (χ2v) is 10.1. The van der Waals surface area contributed by atoms with E-state index in [1.165, 1.54) is 18.3 Å². The summed E-state index contributed by atoms with van der Waals surface area (Å²) in [7, 11) is -4.09. The van der Waals surface area contributed by atoms with Crippen molar-refractivity contribution in [1.82, 2.24) is 4.98 Å². The zero-order chi connectivity index (χ0) is 22.9. The van der Waals surface area contributed by atoms with Gasteiger partial charge in [0.2, 0.25) is 5.91 Å². The van der Waals surface area contributed by atoms with E-state index in [0.717, 1.165) is 16.9 Å². The molecule has 0 saturated heterocycles. The number of sulfonamides is 1. The van der Waals surface area contributed by atoms with Crippen molar-refractivity contribution in [3.8, 4) is 5.75 Å². The summed E-state index contributed by atoms with van der Waals surface area (Å²) < 4.78 is 28.9. The van der Waals surface area contributed by atoms with Crippen LogP contribution in [0.4, 0.5) is 22.2 Å². The fourth-order valence-corrected chi connectivity index (χ4v) is 5.91. The number of aromatic nitrogens is 1. The SMILES string of the molecule is CCCC(=O)Nc1ccc(S(=O)(=O)Nc2nccs2)c(N2CCc3c(Cl)cccc32)c1O. The minimum atomic E-state index is -4.09. The van der Waals surface area contributed by atoms with Gasteiger partial charge >= 0.3 is 0 Å². The molecule has 2 heterocycles. The van der Waals surface area contributed by atoms with E-state index < -0.39 is 10.0 Å². The number of carbonyl (C=O) groups excluding carboxylic acids is 1. The van der Waals surface area contributed by atoms with Crippen LogP contribution in [0.3, 0.4) is 0 Å². The van der Waals surface area contributed by atoms with E-state index in [1.807, 2.05) is 13.0 Å². The lowest BCUT2D eigenvalue weighted by Gasteiger charge is -2.25. The first-order valence-electron chi connectivity index (χ1n) is 9.95. The maximum absolute atomic E-state index is 13.2. The van der Waals surface area contributed by atoms with Crippen molar-refractivity contribution in [2.75, 3.05) is 21.5 Å². The molecule has 0 radical (unpaired) electrons. The topological polar surface area (TPSA) is 112 Å². The van der Waals surface area contributed by atoms with E-state index in [0.29, 0.717) is 30.1 Å². The summed E-state index contributed by atoms with van der Waals surface area (Å²) in [6, 6.07) is 8.12. The number of thiazole rings is 1. The molecule has 0 unspecified atom stereocenters. The number of anilines is 4. The molecule has 0 bridgehead atoms. The molecule has 0 spiro atoms. The number of hydrogen-bond donors (Lipinski definition) is 3. The van der Waals surface area contributed by atoms with Gasteiger partial charge in [0.25, 0.3) is 10.0 Å². The van der Waals surface area contributed by atoms with Crippen LogP contribution in [0.25, 0.3) is 0 Å². The molecule has 11 heteroatoms. The Morgan fingerprint density at radius 2 is 2.12 bits per heavy atom. The zero-order valence-electron chi connectivity index (χ0n) is 17.1. The number of hydrogen-bond acceptors (Lipinski definition) is 7. The average molecular weight is 493 g/mol. The normalized spacial score (nSPS) is 13.1. The molecule has 4 rings (SSSR count). The summed E-state index contributed by atoms with van der Waals surface area (Å²) in [4.78, 5) is 17.7. The van der Waals surface area contributed by atoms with Crippen molar-refractivity contribution < 1.29 is 18.3 Å². The molecular formula is C21H21ClN4O4S2. The lowest BCUT2D eigenvalue weighted by molar-refractivity contribution is -0.116. The molecule has 1 amide bonds. The van der Waals surface area contributed by atoms with E-state index in [1.54, 1.807) is 22.4 Å². The van der Waals surface area contributed by atoms with Gasteiger partial charge in [-0.2, -0.15) is 0 Å². The van der Waals surface area contributed by atoms with Gasteiger partial charge in [0.05, 0.1) is 5.69 Å². The Balaban J connectivity index is 1.85. The predicted molar refractivity (Wildman–Crippen MR) is 127 cm³/mol. The number of benzene rings is 2. The summed E-state index contributed by atoms with van der Waals surface area (Å²) in [5, 5.41) is 16.2. The number of aromatic hydroxyl groups is 1. The summed E-state index contributed by atoms with van der Waals surface area (Å²) in [5.41, 5.74) is 1.78. The first-order chi connectivity index (χ1) is 15.3. The number of phenols is 1. The van der Waals surface area contributed by atoms with Crippen LogP contribution in [0.15, 0.2) is 46.8 Å². The van der Waals surface area contributed by atoms with Crippen LogP contribution in [0.1, 0.15) is 25.3 Å². The molecule has 3 aromatic rings. The third-order valence-electron chi connectivity index (χ3n) is 5.05. The molecule has 0 fully saturated rings. The molecule has 3 N–H and O–H groups in total. The Kier molecular flexibility index (Phi) is 6.27. The van der Waals surface area contributed by atoms with Gasteiger partial charge in [-0.15, -0.1) is 11.3 Å². The van der Waals surface area contributed by atoms with Gasteiger partial charge in [-0.1, -0.05) is 24.6 Å². The molecule has 168 valence electrons. The third-order valence-corrected chi connectivity index (χ3v) is 7.59. The van der Waals surface area contributed by atoms with E-state index in [4.69, 9.17) is 11.6 Å². The second-order valence-electron chi connectivity index (χ2n) is 7.19. The van der Waals surface area contributed by atoms with Crippen LogP contribution in [0.2, 0.25) is 5.02 Å². The summed E-state index contributed by atoms with van der Waals surface area (Å²) in [6.45, 7) is 2.29. The summed E-state index contributed by atoms with van der Waals surface area (Å²) in [5.74, 6) is -0.598. The van der Waals surface area contributed by atoms with Crippen LogP contribution in [0.5, 0.6) is 5.75 Å². The first kappa shape index (κ1) is 22.4. The highest BCUT2D eigenvalue weighted by Gasteiger charge is 2.32. The number of halogens is 1. The Bertz CT molecular complexity index is 1260. The van der Waals surface area contributed by atoms with Gasteiger partial charge in [0.15, 0.2) is 10.9 Å². The lowest BCUT2D eigenvalue weighted by Crippen LogP contribution is -2.21. The van der Waals surface area contributed by atoms with E-state index in [9.17, 15) is 18.3 Å². The maximum Gasteiger partial charge on any atom is 0.265 e. The minimum absolute atomic E-state index is 0.0735. The quantitative estimate of drug-likeness (QED) is 0.411. The van der Waals surface area contributed by atoms with Crippen LogP contribution < -0.4 is 14.9 Å². The summed E-state index contributed by atoms with van der Waals surface area (Å²) >= 11 is 7.48. The number of carbonyl (C=O) groups is 1. The molecule has 0 saturated carbocycles. The van der Waals surface area contributed by atoms with Gasteiger partial charge in [0, 0.05) is 35.3 Å². The highest BCUT2D eigenvalue weighted by atomic mass is 35.5. The Labute approximate surface area is 194 Å². The van der Waals surface area contributed by atoms with Crippen molar-refractivity contribution >= 4 is 61.1 Å².